The summed E-state index contributed by atoms with van der Waals surface area (Å²) in [6.07, 6.45) is 5.96. The minimum absolute atomic E-state index is 0.0191. The van der Waals surface area contributed by atoms with Gasteiger partial charge in [-0.1, -0.05) is 12.1 Å². The van der Waals surface area contributed by atoms with Crippen LogP contribution in [0.2, 0.25) is 0 Å². The monoisotopic (exact) mass is 476 g/mol. The first kappa shape index (κ1) is 23.9. The van der Waals surface area contributed by atoms with Crippen LogP contribution in [0.1, 0.15) is 31.2 Å². The summed E-state index contributed by atoms with van der Waals surface area (Å²) < 4.78 is 5.33. The molecule has 0 atom stereocenters. The Hall–Kier alpha value is -4.21. The van der Waals surface area contributed by atoms with Crippen molar-refractivity contribution in [2.75, 3.05) is 23.1 Å². The Morgan fingerprint density at radius 1 is 1.06 bits per heavy atom. The molecule has 0 unspecified atom stereocenters. The second-order valence-corrected chi connectivity index (χ2v) is 8.52. The number of aromatic nitrogens is 2. The first-order valence-corrected chi connectivity index (χ1v) is 11.5. The van der Waals surface area contributed by atoms with Crippen LogP contribution >= 0.6 is 0 Å². The van der Waals surface area contributed by atoms with Crippen molar-refractivity contribution in [3.05, 3.63) is 70.5 Å². The molecule has 0 aliphatic heterocycles. The van der Waals surface area contributed by atoms with E-state index >= 15 is 0 Å². The molecule has 0 radical (unpaired) electrons. The number of ether oxygens (including phenoxy) is 1. The van der Waals surface area contributed by atoms with E-state index in [1.165, 1.54) is 0 Å². The normalized spacial score (nSPS) is 17.3. The molecule has 35 heavy (non-hydrogen) atoms. The molecule has 1 saturated carbocycles. The van der Waals surface area contributed by atoms with Gasteiger partial charge in [0, 0.05) is 36.1 Å². The number of rotatable bonds is 8. The Morgan fingerprint density at radius 3 is 2.46 bits per heavy atom. The lowest BCUT2D eigenvalue weighted by molar-refractivity contribution is -0.383. The first-order chi connectivity index (χ1) is 16.9. The highest BCUT2D eigenvalue weighted by atomic mass is 16.6. The van der Waals surface area contributed by atoms with Crippen molar-refractivity contribution in [3.8, 4) is 5.75 Å². The lowest BCUT2D eigenvalue weighted by Gasteiger charge is -2.29. The van der Waals surface area contributed by atoms with Crippen LogP contribution in [0.25, 0.3) is 0 Å². The van der Waals surface area contributed by atoms with Gasteiger partial charge in [-0.25, -0.2) is 9.97 Å². The first-order valence-electron chi connectivity index (χ1n) is 11.5. The van der Waals surface area contributed by atoms with Gasteiger partial charge in [-0.05, 0) is 62.4 Å². The molecule has 3 aromatic rings. The average Bonchev–Trinajstić information content (AvgIpc) is 2.86. The number of carbonyl (C=O) groups is 1. The molecule has 1 heterocycles. The minimum Gasteiger partial charge on any atom is -0.496 e. The van der Waals surface area contributed by atoms with Gasteiger partial charge in [-0.15, -0.1) is 0 Å². The number of amides is 1. The van der Waals surface area contributed by atoms with E-state index in [-0.39, 0.29) is 29.5 Å². The number of nitrogens with zero attached hydrogens (tertiary/aromatic N) is 3. The molecule has 1 aromatic heterocycles. The third-order valence-corrected chi connectivity index (χ3v) is 6.16. The highest BCUT2D eigenvalue weighted by Crippen LogP contribution is 2.36. The van der Waals surface area contributed by atoms with Gasteiger partial charge in [-0.3, -0.25) is 14.9 Å². The van der Waals surface area contributed by atoms with E-state index in [4.69, 9.17) is 4.74 Å². The van der Waals surface area contributed by atoms with Gasteiger partial charge in [0.2, 0.25) is 11.9 Å². The highest BCUT2D eigenvalue weighted by Gasteiger charge is 2.29. The van der Waals surface area contributed by atoms with E-state index in [0.29, 0.717) is 29.9 Å². The molecule has 0 bridgehead atoms. The number of anilines is 4. The van der Waals surface area contributed by atoms with E-state index in [1.807, 2.05) is 25.1 Å². The molecule has 182 valence electrons. The Kier molecular flexibility index (Phi) is 7.39. The van der Waals surface area contributed by atoms with Crippen LogP contribution in [0.4, 0.5) is 28.7 Å². The summed E-state index contributed by atoms with van der Waals surface area (Å²) in [6.45, 7) is 1.95. The number of hydrogen-bond donors (Lipinski definition) is 3. The molecule has 10 heteroatoms. The van der Waals surface area contributed by atoms with Crippen molar-refractivity contribution >= 4 is 34.6 Å². The SMILES string of the molecule is COc1cc(NC(=O)C2CCC(Nc3cccc(Nc4ncccn4)c3[N+](=O)[O-])CC2)ccc1C. The van der Waals surface area contributed by atoms with Gasteiger partial charge in [0.15, 0.2) is 0 Å². The van der Waals surface area contributed by atoms with Crippen molar-refractivity contribution in [1.29, 1.82) is 0 Å². The number of hydrogen-bond acceptors (Lipinski definition) is 8. The maximum absolute atomic E-state index is 12.8. The van der Waals surface area contributed by atoms with Gasteiger partial charge >= 0.3 is 5.69 Å². The zero-order chi connectivity index (χ0) is 24.8. The second-order valence-electron chi connectivity index (χ2n) is 8.52. The summed E-state index contributed by atoms with van der Waals surface area (Å²) in [4.78, 5) is 32.4. The van der Waals surface area contributed by atoms with Crippen LogP contribution in [0.15, 0.2) is 54.9 Å². The molecule has 1 aliphatic rings. The Balaban J connectivity index is 1.38. The summed E-state index contributed by atoms with van der Waals surface area (Å²) >= 11 is 0. The van der Waals surface area contributed by atoms with Crippen LogP contribution in [0.5, 0.6) is 5.75 Å². The topological polar surface area (TPSA) is 131 Å². The smallest absolute Gasteiger partial charge is 0.315 e. The van der Waals surface area contributed by atoms with Gasteiger partial charge in [-0.2, -0.15) is 0 Å². The minimum atomic E-state index is -0.414. The number of nitro benzene ring substituents is 1. The fourth-order valence-corrected chi connectivity index (χ4v) is 4.30. The molecular formula is C25H28N6O4. The van der Waals surface area contributed by atoms with E-state index in [9.17, 15) is 14.9 Å². The van der Waals surface area contributed by atoms with Gasteiger partial charge < -0.3 is 20.7 Å². The third kappa shape index (κ3) is 5.84. The van der Waals surface area contributed by atoms with Crippen molar-refractivity contribution < 1.29 is 14.5 Å². The van der Waals surface area contributed by atoms with Crippen LogP contribution in [0, 0.1) is 23.0 Å². The predicted octanol–water partition coefficient (Wildman–Crippen LogP) is 5.05. The Bertz CT molecular complexity index is 1200. The molecule has 1 amide bonds. The van der Waals surface area contributed by atoms with Crippen LogP contribution < -0.4 is 20.7 Å². The zero-order valence-corrected chi connectivity index (χ0v) is 19.7. The molecule has 2 aromatic carbocycles. The standard InChI is InChI=1S/C25H28N6O4/c1-16-7-10-19(15-22(16)35-2)29-24(32)17-8-11-18(12-9-17)28-20-5-3-6-21(23(20)31(33)34)30-25-26-13-4-14-27-25/h3-7,10,13-15,17-18,28H,8-9,11-12H2,1-2H3,(H,29,32)(H,26,27,30). The fourth-order valence-electron chi connectivity index (χ4n) is 4.30. The number of carbonyl (C=O) groups excluding carboxylic acids is 1. The predicted molar refractivity (Wildman–Crippen MR) is 134 cm³/mol. The van der Waals surface area contributed by atoms with E-state index in [2.05, 4.69) is 25.9 Å². The number of aryl methyl sites for hydroxylation is 1. The maximum Gasteiger partial charge on any atom is 0.315 e. The second kappa shape index (κ2) is 10.8. The molecule has 4 rings (SSSR count). The van der Waals surface area contributed by atoms with E-state index in [0.717, 1.165) is 24.2 Å². The van der Waals surface area contributed by atoms with Crippen molar-refractivity contribution in [1.82, 2.24) is 9.97 Å². The summed E-state index contributed by atoms with van der Waals surface area (Å²) in [5, 5.41) is 21.1. The lowest BCUT2D eigenvalue weighted by atomic mass is 9.85. The fraction of sp³-hybridized carbons (Fsp3) is 0.320. The maximum atomic E-state index is 12.8. The highest BCUT2D eigenvalue weighted by molar-refractivity contribution is 5.92. The molecule has 0 spiro atoms. The molecule has 0 saturated heterocycles. The summed E-state index contributed by atoms with van der Waals surface area (Å²) in [6, 6.07) is 12.4. The van der Waals surface area contributed by atoms with Crippen LogP contribution in [0.3, 0.4) is 0 Å². The molecule has 3 N–H and O–H groups in total. The quantitative estimate of drug-likeness (QED) is 0.304. The average molecular weight is 477 g/mol. The van der Waals surface area contributed by atoms with E-state index < -0.39 is 4.92 Å². The molecule has 1 aliphatic carbocycles. The van der Waals surface area contributed by atoms with Crippen molar-refractivity contribution in [2.24, 2.45) is 5.92 Å². The van der Waals surface area contributed by atoms with Crippen molar-refractivity contribution in [3.63, 3.8) is 0 Å². The summed E-state index contributed by atoms with van der Waals surface area (Å²) in [5.74, 6) is 0.881. The zero-order valence-electron chi connectivity index (χ0n) is 19.7. The van der Waals surface area contributed by atoms with Gasteiger partial charge in [0.25, 0.3) is 0 Å². The third-order valence-electron chi connectivity index (χ3n) is 6.16. The summed E-state index contributed by atoms with van der Waals surface area (Å²) in [7, 11) is 1.60. The van der Waals surface area contributed by atoms with Crippen molar-refractivity contribution in [2.45, 2.75) is 38.6 Å². The molecular weight excluding hydrogens is 448 g/mol. The number of benzene rings is 2. The molecule has 1 fully saturated rings. The number of para-hydroxylation sites is 1. The van der Waals surface area contributed by atoms with Crippen LogP contribution in [-0.4, -0.2) is 34.0 Å². The number of methoxy groups -OCH3 is 1. The largest absolute Gasteiger partial charge is 0.496 e. The van der Waals surface area contributed by atoms with Crippen LogP contribution in [-0.2, 0) is 4.79 Å². The summed E-state index contributed by atoms with van der Waals surface area (Å²) in [5.41, 5.74) is 2.39. The van der Waals surface area contributed by atoms with E-state index in [1.54, 1.807) is 43.8 Å². The number of nitro groups is 1. The molecule has 10 nitrogen and oxygen atoms in total. The lowest BCUT2D eigenvalue weighted by Crippen LogP contribution is -2.32. The number of nitrogens with one attached hydrogen (secondary N) is 3. The Morgan fingerprint density at radius 2 is 1.77 bits per heavy atom. The van der Waals surface area contributed by atoms with Gasteiger partial charge in [0.05, 0.1) is 12.0 Å². The van der Waals surface area contributed by atoms with Gasteiger partial charge in [0.1, 0.15) is 17.1 Å². The Labute approximate surface area is 203 Å².